The Balaban J connectivity index is 1.27. The van der Waals surface area contributed by atoms with Crippen molar-refractivity contribution >= 4 is 17.7 Å². The molecule has 0 saturated heterocycles. The molecule has 0 bridgehead atoms. The molecule has 1 saturated carbocycles. The maximum atomic E-state index is 13.0. The number of aliphatic hydroxyl groups excluding tert-OH is 1. The highest BCUT2D eigenvalue weighted by Gasteiger charge is 2.41. The molecule has 1 fully saturated rings. The van der Waals surface area contributed by atoms with Crippen LogP contribution in [-0.4, -0.2) is 45.9 Å². The lowest BCUT2D eigenvalue weighted by Crippen LogP contribution is -2.82. The van der Waals surface area contributed by atoms with E-state index < -0.39 is 6.04 Å². The number of fused-ring (bicyclic) bond motifs is 1. The third-order valence-electron chi connectivity index (χ3n) is 7.20. The molecule has 5 rings (SSSR count). The first-order valence-corrected chi connectivity index (χ1v) is 12.2. The molecule has 2 heterocycles. The second kappa shape index (κ2) is 9.88. The minimum atomic E-state index is -0.514. The monoisotopic (exact) mass is 473 g/mol. The number of benzene rings is 2. The number of nitrogens with one attached hydrogen (secondary N) is 2. The molecule has 180 valence electrons. The summed E-state index contributed by atoms with van der Waals surface area (Å²) in [4.78, 5) is 28.5. The SMILES string of the molecule is N#Cc1ccccc1CN[C@H]1CCCC[C@H]1Oc1ccc2c(c1)CN(C1CCC(=O)[NH+]=C1O)C2=O. The van der Waals surface area contributed by atoms with Crippen molar-refractivity contribution in [2.24, 2.45) is 0 Å². The van der Waals surface area contributed by atoms with E-state index in [2.05, 4.69) is 16.4 Å². The first-order chi connectivity index (χ1) is 17.0. The van der Waals surface area contributed by atoms with Crippen LogP contribution in [0.25, 0.3) is 0 Å². The van der Waals surface area contributed by atoms with Crippen LogP contribution in [0.2, 0.25) is 0 Å². The maximum absolute atomic E-state index is 13.0. The van der Waals surface area contributed by atoms with E-state index in [4.69, 9.17) is 4.74 Å². The normalized spacial score (nSPS) is 24.0. The first kappa shape index (κ1) is 23.1. The highest BCUT2D eigenvalue weighted by molar-refractivity contribution is 6.01. The standard InChI is InChI=1S/C27H28N4O4/c28-14-17-5-1-2-6-18(17)15-29-22-7-3-4-8-24(22)35-20-9-10-21-19(13-20)16-31(27(21)34)23-11-12-25(32)30-26(23)33/h1-2,5-6,9-10,13,22-24,29H,3-4,7-8,11-12,15-16H2,(H,30,32,33)/p+1/t22-,23?,24+/m0/s1. The molecule has 2 aromatic rings. The van der Waals surface area contributed by atoms with Gasteiger partial charge in [0.2, 0.25) is 0 Å². The van der Waals surface area contributed by atoms with Gasteiger partial charge in [0, 0.05) is 24.7 Å². The molecular weight excluding hydrogens is 444 g/mol. The van der Waals surface area contributed by atoms with Crippen LogP contribution in [0, 0.1) is 11.3 Å². The Kier molecular flexibility index (Phi) is 6.51. The molecule has 2 aliphatic heterocycles. The second-order valence-electron chi connectivity index (χ2n) is 9.44. The number of carbonyl (C=O) groups excluding carboxylic acids is 2. The maximum Gasteiger partial charge on any atom is 0.388 e. The van der Waals surface area contributed by atoms with E-state index in [0.717, 1.165) is 42.6 Å². The van der Waals surface area contributed by atoms with Crippen molar-refractivity contribution in [2.45, 2.75) is 69.8 Å². The van der Waals surface area contributed by atoms with Crippen molar-refractivity contribution < 1.29 is 24.4 Å². The average Bonchev–Trinajstić information content (AvgIpc) is 3.19. The van der Waals surface area contributed by atoms with Gasteiger partial charge in [0.05, 0.1) is 18.1 Å². The fourth-order valence-corrected chi connectivity index (χ4v) is 5.31. The van der Waals surface area contributed by atoms with Crippen LogP contribution in [0.4, 0.5) is 0 Å². The third-order valence-corrected chi connectivity index (χ3v) is 7.20. The van der Waals surface area contributed by atoms with Gasteiger partial charge in [-0.15, -0.1) is 4.99 Å². The number of aliphatic hydroxyl groups is 1. The van der Waals surface area contributed by atoms with Gasteiger partial charge in [-0.2, -0.15) is 5.26 Å². The summed E-state index contributed by atoms with van der Waals surface area (Å²) in [6, 6.07) is 15.1. The van der Waals surface area contributed by atoms with Crippen LogP contribution in [0.1, 0.15) is 65.6 Å². The molecule has 0 radical (unpaired) electrons. The van der Waals surface area contributed by atoms with Gasteiger partial charge in [-0.25, -0.2) is 4.79 Å². The van der Waals surface area contributed by atoms with Gasteiger partial charge in [-0.05, 0) is 61.1 Å². The summed E-state index contributed by atoms with van der Waals surface area (Å²) in [5.41, 5.74) is 3.13. The molecule has 8 heteroatoms. The molecule has 35 heavy (non-hydrogen) atoms. The van der Waals surface area contributed by atoms with E-state index in [9.17, 15) is 20.0 Å². The number of nitriles is 1. The van der Waals surface area contributed by atoms with Crippen molar-refractivity contribution in [1.82, 2.24) is 10.2 Å². The van der Waals surface area contributed by atoms with Gasteiger partial charge in [-0.3, -0.25) is 4.79 Å². The van der Waals surface area contributed by atoms with Crippen LogP contribution < -0.4 is 15.0 Å². The summed E-state index contributed by atoms with van der Waals surface area (Å²) >= 11 is 0. The Labute approximate surface area is 204 Å². The summed E-state index contributed by atoms with van der Waals surface area (Å²) in [5, 5.41) is 23.2. The van der Waals surface area contributed by atoms with E-state index in [1.54, 1.807) is 11.0 Å². The summed E-state index contributed by atoms with van der Waals surface area (Å²) < 4.78 is 6.42. The topological polar surface area (TPSA) is 117 Å². The van der Waals surface area contributed by atoms with E-state index in [1.165, 1.54) is 0 Å². The fraction of sp³-hybridized carbons (Fsp3) is 0.407. The smallest absolute Gasteiger partial charge is 0.388 e. The molecule has 8 nitrogen and oxygen atoms in total. The van der Waals surface area contributed by atoms with Gasteiger partial charge in [0.25, 0.3) is 5.91 Å². The van der Waals surface area contributed by atoms with E-state index in [-0.39, 0.29) is 36.3 Å². The molecule has 0 aromatic heterocycles. The van der Waals surface area contributed by atoms with Crippen molar-refractivity contribution in [3.8, 4) is 11.8 Å². The summed E-state index contributed by atoms with van der Waals surface area (Å²) in [7, 11) is 0. The van der Waals surface area contributed by atoms with Crippen LogP contribution in [0.15, 0.2) is 42.5 Å². The molecule has 1 aliphatic carbocycles. The van der Waals surface area contributed by atoms with Crippen LogP contribution >= 0.6 is 0 Å². The largest absolute Gasteiger partial charge is 0.489 e. The lowest BCUT2D eigenvalue weighted by atomic mass is 9.92. The third kappa shape index (κ3) is 4.77. The number of hydrogen-bond acceptors (Lipinski definition) is 5. The summed E-state index contributed by atoms with van der Waals surface area (Å²) in [5.74, 6) is 0.186. The Bertz CT molecular complexity index is 1220. The number of rotatable bonds is 6. The Morgan fingerprint density at radius 2 is 1.97 bits per heavy atom. The molecular formula is C27H29N4O4+. The summed E-state index contributed by atoms with van der Waals surface area (Å²) in [6.45, 7) is 0.979. The Hall–Kier alpha value is -3.70. The van der Waals surface area contributed by atoms with Crippen molar-refractivity contribution in [3.05, 3.63) is 64.7 Å². The molecule has 2 amide bonds. The average molecular weight is 474 g/mol. The quantitative estimate of drug-likeness (QED) is 0.588. The highest BCUT2D eigenvalue weighted by atomic mass is 16.5. The van der Waals surface area contributed by atoms with Crippen molar-refractivity contribution in [1.29, 1.82) is 5.26 Å². The predicted molar refractivity (Wildman–Crippen MR) is 128 cm³/mol. The van der Waals surface area contributed by atoms with Crippen LogP contribution in [0.5, 0.6) is 5.75 Å². The van der Waals surface area contributed by atoms with Crippen molar-refractivity contribution in [3.63, 3.8) is 0 Å². The molecule has 0 spiro atoms. The van der Waals surface area contributed by atoms with Gasteiger partial charge in [0.15, 0.2) is 6.04 Å². The fourth-order valence-electron chi connectivity index (χ4n) is 5.31. The zero-order valence-electron chi connectivity index (χ0n) is 19.5. The molecule has 1 unspecified atom stereocenters. The zero-order chi connectivity index (χ0) is 24.4. The van der Waals surface area contributed by atoms with Gasteiger partial charge in [-0.1, -0.05) is 24.6 Å². The number of amides is 2. The number of hydrogen-bond donors (Lipinski definition) is 3. The lowest BCUT2D eigenvalue weighted by molar-refractivity contribution is -0.394. The zero-order valence-corrected chi connectivity index (χ0v) is 19.5. The summed E-state index contributed by atoms with van der Waals surface area (Å²) in [6.07, 6.45) is 4.84. The number of nitrogens with zero attached hydrogens (tertiary/aromatic N) is 2. The number of carbonyl (C=O) groups is 2. The van der Waals surface area contributed by atoms with Crippen LogP contribution in [0.3, 0.4) is 0 Å². The van der Waals surface area contributed by atoms with Gasteiger partial charge in [0.1, 0.15) is 11.9 Å². The Morgan fingerprint density at radius 3 is 2.80 bits per heavy atom. The molecule has 2 aromatic carbocycles. The molecule has 3 atom stereocenters. The lowest BCUT2D eigenvalue weighted by Gasteiger charge is -2.33. The second-order valence-corrected chi connectivity index (χ2v) is 9.44. The molecule has 3 N–H and O–H groups in total. The van der Waals surface area contributed by atoms with E-state index in [0.29, 0.717) is 30.6 Å². The van der Waals surface area contributed by atoms with Gasteiger partial charge >= 0.3 is 11.8 Å². The molecule has 3 aliphatic rings. The highest BCUT2D eigenvalue weighted by Crippen LogP contribution is 2.31. The minimum absolute atomic E-state index is 0.00445. The minimum Gasteiger partial charge on any atom is -0.489 e. The van der Waals surface area contributed by atoms with Gasteiger partial charge < -0.3 is 20.1 Å². The Morgan fingerprint density at radius 1 is 1.14 bits per heavy atom. The number of ether oxygens (including phenoxy) is 1. The predicted octanol–water partition coefficient (Wildman–Crippen LogP) is 1.72. The van der Waals surface area contributed by atoms with E-state index in [1.807, 2.05) is 36.4 Å². The van der Waals surface area contributed by atoms with Crippen LogP contribution in [-0.2, 0) is 17.9 Å². The van der Waals surface area contributed by atoms with E-state index >= 15 is 0 Å². The first-order valence-electron chi connectivity index (χ1n) is 12.2. The van der Waals surface area contributed by atoms with Crippen molar-refractivity contribution in [2.75, 3.05) is 0 Å².